The molecule has 7 rings (SSSR count). The molecule has 304 valence electrons. The molecule has 0 bridgehead atoms. The molecule has 16 heteroatoms. The number of alkyl carbamates (subject to hydrolysis) is 1. The fourth-order valence-corrected chi connectivity index (χ4v) is 9.63. The van der Waals surface area contributed by atoms with Crippen molar-refractivity contribution in [3.8, 4) is 22.8 Å². The van der Waals surface area contributed by atoms with Crippen LogP contribution in [0.1, 0.15) is 59.3 Å². The molecule has 3 heterocycles. The highest BCUT2D eigenvalue weighted by atomic mass is 32.2. The van der Waals surface area contributed by atoms with E-state index in [1.54, 1.807) is 33.9 Å². The van der Waals surface area contributed by atoms with Crippen LogP contribution in [0.3, 0.4) is 0 Å². The molecule has 1 saturated heterocycles. The predicted molar refractivity (Wildman–Crippen MR) is 216 cm³/mol. The van der Waals surface area contributed by atoms with Gasteiger partial charge in [0.15, 0.2) is 0 Å². The molecule has 2 aliphatic carbocycles. The van der Waals surface area contributed by atoms with Gasteiger partial charge in [0.05, 0.1) is 30.1 Å². The van der Waals surface area contributed by atoms with E-state index in [9.17, 15) is 27.6 Å². The fourth-order valence-electron chi connectivity index (χ4n) is 7.27. The molecule has 1 unspecified atom stereocenters. The number of thioether (sulfide) groups is 1. The lowest BCUT2D eigenvalue weighted by Gasteiger charge is -2.30. The van der Waals surface area contributed by atoms with Crippen molar-refractivity contribution >= 4 is 56.5 Å². The number of carbonyl (C=O) groups is 4. The Bertz CT molecular complexity index is 2170. The standard InChI is InChI=1S/C41H49N5O9S2/c1-40(2,3)55-39(50)43-33-24-56-18-10-6-9-13-26-22-41(26,38(49)45-57(51,52)29-15-16-29)44-36(47)34-20-28(23-46(34)37(33)48)54-35-21-31(25-11-7-5-8-12-25)42-32-19-27(53-4)14-17-30(32)35/h5,7-9,11-14,17,19,21,26,28-29,33-34H,6,10,15-16,18,20,22-24H2,1-4H3,(H,43,50)(H,44,47)(H,45,49)/b13-9-/t26?,28-,33+,34+,41-/m1/s1. The third-order valence-corrected chi connectivity index (χ3v) is 13.4. The summed E-state index contributed by atoms with van der Waals surface area (Å²) in [6, 6.07) is 14.7. The van der Waals surface area contributed by atoms with Gasteiger partial charge in [-0.05, 0) is 70.8 Å². The molecule has 4 aliphatic rings. The Morgan fingerprint density at radius 1 is 1.07 bits per heavy atom. The minimum absolute atomic E-state index is 0.0205. The Labute approximate surface area is 336 Å². The van der Waals surface area contributed by atoms with Crippen LogP contribution in [0.25, 0.3) is 22.2 Å². The highest BCUT2D eigenvalue weighted by Gasteiger charge is 2.62. The largest absolute Gasteiger partial charge is 0.497 e. The average molecular weight is 820 g/mol. The first kappa shape index (κ1) is 40.4. The van der Waals surface area contributed by atoms with Gasteiger partial charge in [-0.25, -0.2) is 18.2 Å². The summed E-state index contributed by atoms with van der Waals surface area (Å²) in [5.74, 6) is -0.380. The maximum absolute atomic E-state index is 14.6. The van der Waals surface area contributed by atoms with E-state index in [1.807, 2.05) is 60.7 Å². The molecule has 3 aromatic rings. The summed E-state index contributed by atoms with van der Waals surface area (Å²) >= 11 is 1.50. The van der Waals surface area contributed by atoms with E-state index in [2.05, 4.69) is 15.4 Å². The summed E-state index contributed by atoms with van der Waals surface area (Å²) < 4.78 is 45.7. The zero-order valence-corrected chi connectivity index (χ0v) is 34.1. The lowest BCUT2D eigenvalue weighted by atomic mass is 10.1. The van der Waals surface area contributed by atoms with Crippen molar-refractivity contribution in [2.24, 2.45) is 5.92 Å². The van der Waals surface area contributed by atoms with Crippen LogP contribution in [-0.4, -0.2) is 102 Å². The Morgan fingerprint density at radius 3 is 2.56 bits per heavy atom. The second-order valence-corrected chi connectivity index (χ2v) is 19.1. The normalized spacial score (nSPS) is 26.1. The summed E-state index contributed by atoms with van der Waals surface area (Å²) in [5.41, 5.74) is -0.215. The van der Waals surface area contributed by atoms with E-state index in [0.717, 1.165) is 12.0 Å². The van der Waals surface area contributed by atoms with Gasteiger partial charge in [-0.3, -0.25) is 19.1 Å². The SMILES string of the molecule is COc1ccc2c(O[C@@H]3C[C@H]4C(=O)N[C@]5(C(=O)NS(=O)(=O)C6CC6)CC5/C=C\CCCSC[C@H](NC(=O)OC(C)(C)C)C(=O)N4C3)cc(-c3ccccc3)nc2c1. The van der Waals surface area contributed by atoms with Crippen molar-refractivity contribution in [2.75, 3.05) is 25.2 Å². The molecule has 2 aromatic carbocycles. The summed E-state index contributed by atoms with van der Waals surface area (Å²) in [4.78, 5) is 62.3. The Balaban J connectivity index is 1.23. The number of pyridine rings is 1. The van der Waals surface area contributed by atoms with Gasteiger partial charge in [-0.15, -0.1) is 0 Å². The first-order valence-corrected chi connectivity index (χ1v) is 22.0. The van der Waals surface area contributed by atoms with Crippen LogP contribution in [0.5, 0.6) is 11.5 Å². The number of ether oxygens (including phenoxy) is 3. The van der Waals surface area contributed by atoms with Crippen LogP contribution in [0, 0.1) is 5.92 Å². The number of nitrogens with one attached hydrogen (secondary N) is 3. The van der Waals surface area contributed by atoms with Gasteiger partial charge >= 0.3 is 6.09 Å². The summed E-state index contributed by atoms with van der Waals surface area (Å²) in [7, 11) is -2.33. The predicted octanol–water partition coefficient (Wildman–Crippen LogP) is 4.72. The maximum Gasteiger partial charge on any atom is 0.408 e. The number of nitrogens with zero attached hydrogens (tertiary/aromatic N) is 2. The highest BCUT2D eigenvalue weighted by Crippen LogP contribution is 2.46. The van der Waals surface area contributed by atoms with E-state index in [4.69, 9.17) is 19.2 Å². The fraction of sp³-hybridized carbons (Fsp3) is 0.488. The number of benzene rings is 2. The molecule has 3 fully saturated rings. The van der Waals surface area contributed by atoms with Crippen LogP contribution in [0.2, 0.25) is 0 Å². The highest BCUT2D eigenvalue weighted by molar-refractivity contribution is 7.99. The van der Waals surface area contributed by atoms with Crippen molar-refractivity contribution in [3.05, 3.63) is 66.7 Å². The Morgan fingerprint density at radius 2 is 1.84 bits per heavy atom. The molecule has 0 spiro atoms. The number of carbonyl (C=O) groups excluding carboxylic acids is 4. The van der Waals surface area contributed by atoms with E-state index in [0.29, 0.717) is 53.1 Å². The van der Waals surface area contributed by atoms with Gasteiger partial charge in [0.25, 0.3) is 5.91 Å². The molecule has 14 nitrogen and oxygen atoms in total. The van der Waals surface area contributed by atoms with Gasteiger partial charge in [-0.1, -0.05) is 42.5 Å². The van der Waals surface area contributed by atoms with E-state index in [1.165, 1.54) is 16.7 Å². The molecule has 4 amide bonds. The number of fused-ring (bicyclic) bond motifs is 3. The smallest absolute Gasteiger partial charge is 0.408 e. The lowest BCUT2D eigenvalue weighted by Crippen LogP contribution is -2.58. The Hall–Kier alpha value is -4.83. The van der Waals surface area contributed by atoms with Gasteiger partial charge in [0.2, 0.25) is 21.8 Å². The topological polar surface area (TPSA) is 182 Å². The number of aromatic nitrogens is 1. The Kier molecular flexibility index (Phi) is 11.5. The molecule has 0 radical (unpaired) electrons. The summed E-state index contributed by atoms with van der Waals surface area (Å²) in [5, 5.41) is 5.70. The van der Waals surface area contributed by atoms with Crippen LogP contribution >= 0.6 is 11.8 Å². The maximum atomic E-state index is 14.6. The molecule has 57 heavy (non-hydrogen) atoms. The first-order valence-electron chi connectivity index (χ1n) is 19.3. The van der Waals surface area contributed by atoms with Crippen LogP contribution in [0.15, 0.2) is 66.7 Å². The number of amides is 4. The molecule has 5 atom stereocenters. The number of rotatable bonds is 8. The second-order valence-electron chi connectivity index (χ2n) is 16.0. The number of sulfonamides is 1. The van der Waals surface area contributed by atoms with Crippen LogP contribution < -0.4 is 24.8 Å². The lowest BCUT2D eigenvalue weighted by molar-refractivity contribution is -0.140. The summed E-state index contributed by atoms with van der Waals surface area (Å²) in [6.07, 6.45) is 4.93. The third kappa shape index (κ3) is 9.33. The molecular formula is C41H49N5O9S2. The minimum Gasteiger partial charge on any atom is -0.497 e. The van der Waals surface area contributed by atoms with Gasteiger partial charge in [0, 0.05) is 41.2 Å². The molecule has 3 N–H and O–H groups in total. The number of hydrogen-bond donors (Lipinski definition) is 3. The zero-order valence-electron chi connectivity index (χ0n) is 32.5. The van der Waals surface area contributed by atoms with E-state index >= 15 is 0 Å². The van der Waals surface area contributed by atoms with E-state index < -0.39 is 74.3 Å². The van der Waals surface area contributed by atoms with Crippen molar-refractivity contribution in [1.82, 2.24) is 25.2 Å². The van der Waals surface area contributed by atoms with Crippen molar-refractivity contribution in [1.29, 1.82) is 0 Å². The van der Waals surface area contributed by atoms with Gasteiger partial charge in [-0.2, -0.15) is 11.8 Å². The van der Waals surface area contributed by atoms with Crippen molar-refractivity contribution in [3.63, 3.8) is 0 Å². The quantitative estimate of drug-likeness (QED) is 0.268. The molecule has 2 aliphatic heterocycles. The third-order valence-electron chi connectivity index (χ3n) is 10.5. The zero-order chi connectivity index (χ0) is 40.5. The van der Waals surface area contributed by atoms with Crippen molar-refractivity contribution in [2.45, 2.75) is 93.9 Å². The molecular weight excluding hydrogens is 771 g/mol. The van der Waals surface area contributed by atoms with Crippen LogP contribution in [0.4, 0.5) is 4.79 Å². The number of methoxy groups -OCH3 is 1. The minimum atomic E-state index is -3.91. The number of hydrogen-bond acceptors (Lipinski definition) is 11. The summed E-state index contributed by atoms with van der Waals surface area (Å²) in [6.45, 7) is 5.16. The average Bonchev–Trinajstić information content (AvgIpc) is 4.09. The number of allylic oxidation sites excluding steroid dienone is 1. The van der Waals surface area contributed by atoms with Crippen molar-refractivity contribution < 1.29 is 41.8 Å². The monoisotopic (exact) mass is 819 g/mol. The molecule has 2 saturated carbocycles. The van der Waals surface area contributed by atoms with E-state index in [-0.39, 0.29) is 25.1 Å². The van der Waals surface area contributed by atoms with Gasteiger partial charge < -0.3 is 29.7 Å². The molecule has 1 aromatic heterocycles. The first-order chi connectivity index (χ1) is 27.2. The second kappa shape index (κ2) is 16.2. The van der Waals surface area contributed by atoms with Crippen LogP contribution in [-0.2, 0) is 29.1 Å². The van der Waals surface area contributed by atoms with Gasteiger partial charge in [0.1, 0.15) is 40.8 Å².